The van der Waals surface area contributed by atoms with Crippen molar-refractivity contribution in [1.29, 1.82) is 0 Å². The molecule has 0 saturated heterocycles. The smallest absolute Gasteiger partial charge is 0.296 e. The van der Waals surface area contributed by atoms with Crippen LogP contribution in [0, 0.1) is 12.7 Å². The Morgan fingerprint density at radius 1 is 1.26 bits per heavy atom. The molecule has 4 rings (SSSR count). The molecule has 1 amide bonds. The van der Waals surface area contributed by atoms with Gasteiger partial charge in [-0.2, -0.15) is 0 Å². The molecule has 2 atom stereocenters. The third-order valence-corrected chi connectivity index (χ3v) is 5.87. The molecule has 0 bridgehead atoms. The van der Waals surface area contributed by atoms with Crippen LogP contribution in [0.2, 0.25) is 5.02 Å². The zero-order chi connectivity index (χ0) is 25.3. The van der Waals surface area contributed by atoms with Crippen molar-refractivity contribution in [2.45, 2.75) is 25.7 Å². The van der Waals surface area contributed by atoms with Crippen LogP contribution < -0.4 is 10.9 Å². The van der Waals surface area contributed by atoms with Gasteiger partial charge in [0, 0.05) is 36.3 Å². The molecule has 2 N–H and O–H groups in total. The van der Waals surface area contributed by atoms with E-state index in [1.54, 1.807) is 20.0 Å². The van der Waals surface area contributed by atoms with Gasteiger partial charge in [-0.3, -0.25) is 24.1 Å². The lowest BCUT2D eigenvalue weighted by Crippen LogP contribution is -2.29. The summed E-state index contributed by atoms with van der Waals surface area (Å²) in [4.78, 5) is 38.7. The van der Waals surface area contributed by atoms with E-state index in [1.807, 2.05) is 0 Å². The fourth-order valence-corrected chi connectivity index (χ4v) is 4.01. The van der Waals surface area contributed by atoms with Gasteiger partial charge in [-0.05, 0) is 30.7 Å². The number of carbonyl (C=O) groups is 1. The predicted octanol–water partition coefficient (Wildman–Crippen LogP) is 3.55. The molecule has 2 unspecified atom stereocenters. The molecule has 35 heavy (non-hydrogen) atoms. The molecule has 0 aliphatic heterocycles. The zero-order valence-corrected chi connectivity index (χ0v) is 19.6. The van der Waals surface area contributed by atoms with Crippen molar-refractivity contribution in [3.8, 4) is 5.75 Å². The Bertz CT molecular complexity index is 1440. The Morgan fingerprint density at radius 2 is 2.03 bits per heavy atom. The molecule has 10 nitrogen and oxygen atoms in total. The van der Waals surface area contributed by atoms with Crippen LogP contribution in [0.4, 0.5) is 10.1 Å². The maximum Gasteiger partial charge on any atom is 0.296 e. The van der Waals surface area contributed by atoms with Gasteiger partial charge in [0.25, 0.3) is 11.5 Å². The second-order valence-corrected chi connectivity index (χ2v) is 8.32. The molecule has 12 heteroatoms. The van der Waals surface area contributed by atoms with Gasteiger partial charge < -0.3 is 14.9 Å². The van der Waals surface area contributed by atoms with Crippen LogP contribution in [0.15, 0.2) is 52.4 Å². The van der Waals surface area contributed by atoms with Gasteiger partial charge in [-0.15, -0.1) is 0 Å². The van der Waals surface area contributed by atoms with Crippen LogP contribution in [0.3, 0.4) is 0 Å². The molecule has 0 spiro atoms. The number of anilines is 1. The van der Waals surface area contributed by atoms with Crippen molar-refractivity contribution in [2.24, 2.45) is 7.05 Å². The SMILES string of the molecule is Cc1cnc(C(c2cc(F)ccc2Cl)C(C)c2nc(C(=O)Nc3cnoc3)c(O)c(=O)n2C)cn1. The summed E-state index contributed by atoms with van der Waals surface area (Å²) in [5.74, 6) is -3.39. The lowest BCUT2D eigenvalue weighted by atomic mass is 9.83. The molecule has 0 fully saturated rings. The third kappa shape index (κ3) is 4.76. The zero-order valence-electron chi connectivity index (χ0n) is 18.9. The molecule has 0 saturated carbocycles. The maximum absolute atomic E-state index is 14.2. The molecule has 0 radical (unpaired) electrons. The van der Waals surface area contributed by atoms with Crippen molar-refractivity contribution in [3.05, 3.63) is 92.7 Å². The number of hydrogen-bond acceptors (Lipinski definition) is 8. The number of rotatable bonds is 6. The number of hydrogen-bond donors (Lipinski definition) is 2. The highest BCUT2D eigenvalue weighted by Gasteiger charge is 2.31. The van der Waals surface area contributed by atoms with Gasteiger partial charge in [0.15, 0.2) is 5.69 Å². The molecule has 3 heterocycles. The van der Waals surface area contributed by atoms with Crippen molar-refractivity contribution < 1.29 is 18.8 Å². The first-order valence-electron chi connectivity index (χ1n) is 10.4. The quantitative estimate of drug-likeness (QED) is 0.412. The summed E-state index contributed by atoms with van der Waals surface area (Å²) >= 11 is 6.44. The first-order valence-corrected chi connectivity index (χ1v) is 10.8. The van der Waals surface area contributed by atoms with E-state index in [9.17, 15) is 19.1 Å². The molecule has 4 aromatic rings. The van der Waals surface area contributed by atoms with E-state index in [2.05, 4.69) is 29.9 Å². The van der Waals surface area contributed by atoms with Crippen molar-refractivity contribution in [3.63, 3.8) is 0 Å². The molecule has 3 aromatic heterocycles. The van der Waals surface area contributed by atoms with Crippen molar-refractivity contribution >= 4 is 23.2 Å². The van der Waals surface area contributed by atoms with Gasteiger partial charge in [0.2, 0.25) is 5.75 Å². The number of nitrogens with zero attached hydrogens (tertiary/aromatic N) is 5. The van der Waals surface area contributed by atoms with E-state index in [1.165, 1.54) is 43.9 Å². The van der Waals surface area contributed by atoms with Crippen LogP contribution in [0.25, 0.3) is 0 Å². The Morgan fingerprint density at radius 3 is 2.69 bits per heavy atom. The second-order valence-electron chi connectivity index (χ2n) is 7.91. The average Bonchev–Trinajstić information content (AvgIpc) is 3.34. The standard InChI is InChI=1S/C23H20ClFN6O4/c1-11-7-27-17(9-26-11)18(15-6-13(25)4-5-16(15)24)12(2)21-30-19(20(32)23(34)31(21)3)22(33)29-14-8-28-35-10-14/h4-10,12,18,32H,1-3H3,(H,29,33). The Balaban J connectivity index is 1.86. The molecule has 1 aromatic carbocycles. The highest BCUT2D eigenvalue weighted by molar-refractivity contribution is 6.31. The summed E-state index contributed by atoms with van der Waals surface area (Å²) < 4.78 is 20.0. The van der Waals surface area contributed by atoms with Crippen LogP contribution in [0.1, 0.15) is 52.0 Å². The number of aryl methyl sites for hydroxylation is 1. The van der Waals surface area contributed by atoms with Gasteiger partial charge in [0.05, 0.1) is 17.6 Å². The summed E-state index contributed by atoms with van der Waals surface area (Å²) in [5, 5.41) is 16.6. The minimum atomic E-state index is -0.840. The van der Waals surface area contributed by atoms with Crippen molar-refractivity contribution in [1.82, 2.24) is 24.7 Å². The Kier molecular flexibility index (Phi) is 6.61. The minimum Gasteiger partial charge on any atom is -0.501 e. The number of halogens is 2. The summed E-state index contributed by atoms with van der Waals surface area (Å²) in [5.41, 5.74) is 0.411. The number of benzene rings is 1. The fraction of sp³-hybridized carbons (Fsp3) is 0.217. The number of aromatic hydroxyl groups is 1. The number of amides is 1. The molecule has 0 aliphatic rings. The summed E-state index contributed by atoms with van der Waals surface area (Å²) in [6.45, 7) is 3.50. The van der Waals surface area contributed by atoms with Gasteiger partial charge in [-0.25, -0.2) is 9.37 Å². The van der Waals surface area contributed by atoms with Crippen molar-refractivity contribution in [2.75, 3.05) is 5.32 Å². The number of carbonyl (C=O) groups excluding carboxylic acids is 1. The van der Waals surface area contributed by atoms with Crippen LogP contribution in [0.5, 0.6) is 5.75 Å². The molecule has 180 valence electrons. The summed E-state index contributed by atoms with van der Waals surface area (Å²) in [6.07, 6.45) is 5.52. The van der Waals surface area contributed by atoms with E-state index in [4.69, 9.17) is 11.6 Å². The van der Waals surface area contributed by atoms with Gasteiger partial charge in [-0.1, -0.05) is 23.7 Å². The van der Waals surface area contributed by atoms with Crippen LogP contribution in [-0.4, -0.2) is 35.7 Å². The highest BCUT2D eigenvalue weighted by atomic mass is 35.5. The number of aromatic nitrogens is 5. The summed E-state index contributed by atoms with van der Waals surface area (Å²) in [6, 6.07) is 3.94. The number of nitrogens with one attached hydrogen (secondary N) is 1. The van der Waals surface area contributed by atoms with E-state index < -0.39 is 40.6 Å². The monoisotopic (exact) mass is 498 g/mol. The lowest BCUT2D eigenvalue weighted by molar-refractivity contribution is 0.101. The van der Waals surface area contributed by atoms with E-state index in [0.717, 1.165) is 4.57 Å². The van der Waals surface area contributed by atoms with Crippen LogP contribution >= 0.6 is 11.6 Å². The van der Waals surface area contributed by atoms with E-state index in [0.29, 0.717) is 17.0 Å². The lowest BCUT2D eigenvalue weighted by Gasteiger charge is -2.26. The molecular weight excluding hydrogens is 479 g/mol. The van der Waals surface area contributed by atoms with E-state index >= 15 is 0 Å². The largest absolute Gasteiger partial charge is 0.501 e. The third-order valence-electron chi connectivity index (χ3n) is 5.53. The first kappa shape index (κ1) is 24.0. The second kappa shape index (κ2) is 9.63. The van der Waals surface area contributed by atoms with Crippen LogP contribution in [-0.2, 0) is 7.05 Å². The maximum atomic E-state index is 14.2. The van der Waals surface area contributed by atoms with Gasteiger partial charge >= 0.3 is 0 Å². The Labute approximate surface area is 203 Å². The normalized spacial score (nSPS) is 12.8. The molecular formula is C23H20ClFN6O4. The molecule has 0 aliphatic carbocycles. The Hall–Kier alpha value is -4.12. The first-order chi connectivity index (χ1) is 16.7. The highest BCUT2D eigenvalue weighted by Crippen LogP contribution is 2.40. The fourth-order valence-electron chi connectivity index (χ4n) is 3.78. The predicted molar refractivity (Wildman–Crippen MR) is 124 cm³/mol. The van der Waals surface area contributed by atoms with Gasteiger partial charge in [0.1, 0.15) is 23.6 Å². The topological polar surface area (TPSA) is 136 Å². The van der Waals surface area contributed by atoms with E-state index in [-0.39, 0.29) is 16.5 Å². The summed E-state index contributed by atoms with van der Waals surface area (Å²) in [7, 11) is 1.41. The minimum absolute atomic E-state index is 0.135. The average molecular weight is 499 g/mol.